The van der Waals surface area contributed by atoms with Crippen LogP contribution in [0.25, 0.3) is 10.9 Å². The zero-order valence-electron chi connectivity index (χ0n) is 16.9. The third-order valence-corrected chi connectivity index (χ3v) is 7.26. The number of benzene rings is 2. The van der Waals surface area contributed by atoms with Crippen LogP contribution < -0.4 is 15.8 Å². The highest BCUT2D eigenvalue weighted by molar-refractivity contribution is 8.01. The molecule has 10 heteroatoms. The molecule has 0 saturated carbocycles. The topological polar surface area (TPSA) is 103 Å². The van der Waals surface area contributed by atoms with Crippen molar-refractivity contribution in [2.45, 2.75) is 15.0 Å². The number of amides is 1. The van der Waals surface area contributed by atoms with Crippen molar-refractivity contribution in [2.24, 2.45) is 5.73 Å². The van der Waals surface area contributed by atoms with Gasteiger partial charge in [0.25, 0.3) is 11.6 Å². The van der Waals surface area contributed by atoms with Crippen LogP contribution in [0.4, 0.5) is 0 Å². The molecule has 0 aliphatic carbocycles. The van der Waals surface area contributed by atoms with Gasteiger partial charge >= 0.3 is 0 Å². The number of para-hydroxylation sites is 1. The molecular formula is C23H16ClN5O2S2. The molecule has 0 spiro atoms. The quantitative estimate of drug-likeness (QED) is 0.403. The van der Waals surface area contributed by atoms with Gasteiger partial charge < -0.3 is 15.8 Å². The van der Waals surface area contributed by atoms with E-state index in [4.69, 9.17) is 22.1 Å². The van der Waals surface area contributed by atoms with E-state index in [1.165, 1.54) is 23.1 Å². The maximum Gasteiger partial charge on any atom is 0.266 e. The van der Waals surface area contributed by atoms with Crippen LogP contribution >= 0.6 is 34.7 Å². The van der Waals surface area contributed by atoms with E-state index in [1.54, 1.807) is 36.7 Å². The molecule has 0 bridgehead atoms. The number of hydrogen-bond donors (Lipinski definition) is 2. The first-order valence-corrected chi connectivity index (χ1v) is 11.8. The van der Waals surface area contributed by atoms with Crippen molar-refractivity contribution in [3.05, 3.63) is 94.7 Å². The number of nitrogens with zero attached hydrogens (tertiary/aromatic N) is 3. The minimum Gasteiger partial charge on any atom is -0.457 e. The number of nitrogens with two attached hydrogens (primary N) is 1. The molecule has 7 nitrogen and oxygen atoms in total. The fourth-order valence-electron chi connectivity index (χ4n) is 3.40. The number of fused-ring (bicyclic) bond motifs is 1. The Kier molecular flexibility index (Phi) is 5.76. The summed E-state index contributed by atoms with van der Waals surface area (Å²) in [4.78, 5) is 17.7. The lowest BCUT2D eigenvalue weighted by atomic mass is 9.99. The summed E-state index contributed by atoms with van der Waals surface area (Å²) in [5, 5.41) is 13.9. The van der Waals surface area contributed by atoms with Crippen LogP contribution in [0.15, 0.2) is 94.0 Å². The van der Waals surface area contributed by atoms with E-state index in [-0.39, 0.29) is 5.57 Å². The largest absolute Gasteiger partial charge is 0.457 e. The second kappa shape index (κ2) is 8.86. The Morgan fingerprint density at radius 3 is 2.82 bits per heavy atom. The summed E-state index contributed by atoms with van der Waals surface area (Å²) in [6.07, 6.45) is 6.72. The number of halogens is 1. The van der Waals surface area contributed by atoms with Crippen LogP contribution in [-0.2, 0) is 10.5 Å². The van der Waals surface area contributed by atoms with Crippen molar-refractivity contribution in [1.29, 1.82) is 0 Å². The molecule has 1 amide bonds. The van der Waals surface area contributed by atoms with Crippen molar-refractivity contribution in [2.75, 3.05) is 0 Å². The number of aromatic nitrogens is 3. The number of hydrogen-bond acceptors (Lipinski definition) is 8. The summed E-state index contributed by atoms with van der Waals surface area (Å²) in [5.74, 6) is -0.0712. The number of dihydropyridines is 1. The molecule has 4 aromatic rings. The Labute approximate surface area is 202 Å². The molecule has 0 saturated heterocycles. The average molecular weight is 494 g/mol. The predicted octanol–water partition coefficient (Wildman–Crippen LogP) is 4.65. The Hall–Kier alpha value is -3.40. The molecule has 1 atom stereocenters. The van der Waals surface area contributed by atoms with Gasteiger partial charge in [-0.2, -0.15) is 0 Å². The molecule has 2 aromatic carbocycles. The number of rotatable bonds is 6. The van der Waals surface area contributed by atoms with Gasteiger partial charge in [-0.15, -0.1) is 10.2 Å². The zero-order valence-corrected chi connectivity index (χ0v) is 19.3. The van der Waals surface area contributed by atoms with E-state index in [2.05, 4.69) is 20.5 Å². The number of carbonyl (C=O) groups excluding carboxylic acids is 1. The van der Waals surface area contributed by atoms with E-state index in [0.717, 1.165) is 15.8 Å². The highest BCUT2D eigenvalue weighted by atomic mass is 35.5. The molecule has 3 heterocycles. The predicted molar refractivity (Wildman–Crippen MR) is 129 cm³/mol. The summed E-state index contributed by atoms with van der Waals surface area (Å²) < 4.78 is 6.96. The van der Waals surface area contributed by atoms with Gasteiger partial charge in [0, 0.05) is 27.7 Å². The van der Waals surface area contributed by atoms with E-state index in [1.807, 2.05) is 42.5 Å². The molecule has 0 radical (unpaired) electrons. The monoisotopic (exact) mass is 493 g/mol. The third-order valence-electron chi connectivity index (χ3n) is 4.87. The van der Waals surface area contributed by atoms with Crippen LogP contribution in [0, 0.1) is 0 Å². The van der Waals surface area contributed by atoms with Crippen molar-refractivity contribution < 1.29 is 9.53 Å². The first kappa shape index (κ1) is 21.4. The normalized spacial score (nSPS) is 17.4. The van der Waals surface area contributed by atoms with Crippen LogP contribution in [0.2, 0.25) is 5.02 Å². The number of nitrogens with one attached hydrogen (secondary N) is 1. The van der Waals surface area contributed by atoms with Crippen molar-refractivity contribution in [3.63, 3.8) is 0 Å². The van der Waals surface area contributed by atoms with Gasteiger partial charge in [0.15, 0.2) is 9.35 Å². The van der Waals surface area contributed by atoms with Crippen LogP contribution in [0.5, 0.6) is 5.75 Å². The SMILES string of the molecule is NC(=O)C1=CC=CNC1(Oc1ccccc1)c1nnc(Sc2ccnc3cc(Cl)ccc23)s1. The van der Waals surface area contributed by atoms with Crippen molar-refractivity contribution >= 4 is 51.5 Å². The molecule has 1 unspecified atom stereocenters. The molecule has 33 heavy (non-hydrogen) atoms. The standard InChI is InChI=1S/C23H16ClN5O2S2/c24-14-8-9-16-18(13-14)26-12-10-19(16)32-22-29-28-21(33-22)23(31-15-5-2-1-3-6-15)17(20(25)30)7-4-11-27-23/h1-13,27H,(H2,25,30). The molecule has 1 aliphatic heterocycles. The fraction of sp³-hybridized carbons (Fsp3) is 0.0435. The van der Waals surface area contributed by atoms with Gasteiger partial charge in [0.05, 0.1) is 11.1 Å². The highest BCUT2D eigenvalue weighted by Crippen LogP contribution is 2.40. The Morgan fingerprint density at radius 1 is 1.15 bits per heavy atom. The molecular weight excluding hydrogens is 478 g/mol. The summed E-state index contributed by atoms with van der Waals surface area (Å²) in [7, 11) is 0. The molecule has 164 valence electrons. The molecule has 3 N–H and O–H groups in total. The lowest BCUT2D eigenvalue weighted by Gasteiger charge is -2.34. The number of primary amides is 1. The Bertz CT molecular complexity index is 1410. The van der Waals surface area contributed by atoms with Gasteiger partial charge in [-0.05, 0) is 42.5 Å². The van der Waals surface area contributed by atoms with Crippen LogP contribution in [-0.4, -0.2) is 21.1 Å². The minimum absolute atomic E-state index is 0.227. The summed E-state index contributed by atoms with van der Waals surface area (Å²) in [5.41, 5.74) is 5.33. The first-order valence-electron chi connectivity index (χ1n) is 9.80. The van der Waals surface area contributed by atoms with Crippen LogP contribution in [0.3, 0.4) is 0 Å². The summed E-state index contributed by atoms with van der Waals surface area (Å²) in [6.45, 7) is 0. The van der Waals surface area contributed by atoms with E-state index in [9.17, 15) is 4.79 Å². The molecule has 1 aliphatic rings. The lowest BCUT2D eigenvalue weighted by Crippen LogP contribution is -2.51. The number of carbonyl (C=O) groups is 1. The molecule has 5 rings (SSSR count). The van der Waals surface area contributed by atoms with E-state index in [0.29, 0.717) is 20.1 Å². The lowest BCUT2D eigenvalue weighted by molar-refractivity contribution is -0.117. The number of ether oxygens (including phenoxy) is 1. The smallest absolute Gasteiger partial charge is 0.266 e. The van der Waals surface area contributed by atoms with Crippen LogP contribution in [0.1, 0.15) is 5.01 Å². The molecule has 2 aromatic heterocycles. The number of allylic oxidation sites excluding steroid dienone is 2. The Morgan fingerprint density at radius 2 is 2.00 bits per heavy atom. The summed E-state index contributed by atoms with van der Waals surface area (Å²) in [6, 6.07) is 16.6. The van der Waals surface area contributed by atoms with Gasteiger partial charge in [0.1, 0.15) is 5.75 Å². The average Bonchev–Trinajstić information content (AvgIpc) is 3.29. The Balaban J connectivity index is 1.54. The second-order valence-electron chi connectivity index (χ2n) is 6.99. The maximum atomic E-state index is 12.3. The number of pyridine rings is 1. The fourth-order valence-corrected chi connectivity index (χ4v) is 5.61. The minimum atomic E-state index is -1.40. The van der Waals surface area contributed by atoms with Gasteiger partial charge in [-0.25, -0.2) is 0 Å². The van der Waals surface area contributed by atoms with E-state index < -0.39 is 11.6 Å². The third kappa shape index (κ3) is 4.18. The second-order valence-corrected chi connectivity index (χ2v) is 9.69. The summed E-state index contributed by atoms with van der Waals surface area (Å²) >= 11 is 8.86. The van der Waals surface area contributed by atoms with Crippen molar-refractivity contribution in [1.82, 2.24) is 20.5 Å². The maximum absolute atomic E-state index is 12.3. The highest BCUT2D eigenvalue weighted by Gasteiger charge is 2.45. The van der Waals surface area contributed by atoms with Gasteiger partial charge in [-0.3, -0.25) is 9.78 Å². The van der Waals surface area contributed by atoms with Gasteiger partial charge in [0.2, 0.25) is 0 Å². The first-order chi connectivity index (χ1) is 16.0. The van der Waals surface area contributed by atoms with Gasteiger partial charge in [-0.1, -0.05) is 59.0 Å². The zero-order chi connectivity index (χ0) is 22.8. The van der Waals surface area contributed by atoms with E-state index >= 15 is 0 Å². The molecule has 0 fully saturated rings. The van der Waals surface area contributed by atoms with Crippen molar-refractivity contribution in [3.8, 4) is 5.75 Å².